The van der Waals surface area contributed by atoms with E-state index in [1.165, 1.54) is 5.69 Å². The molecule has 1 unspecified atom stereocenters. The van der Waals surface area contributed by atoms with Gasteiger partial charge in [0.25, 0.3) is 0 Å². The molecule has 126 valence electrons. The summed E-state index contributed by atoms with van der Waals surface area (Å²) >= 11 is 0. The van der Waals surface area contributed by atoms with Gasteiger partial charge >= 0.3 is 0 Å². The Hall–Kier alpha value is -2.02. The van der Waals surface area contributed by atoms with E-state index in [0.29, 0.717) is 6.61 Å². The summed E-state index contributed by atoms with van der Waals surface area (Å²) in [6.07, 6.45) is 1.83. The zero-order valence-electron chi connectivity index (χ0n) is 13.7. The molecule has 1 atom stereocenters. The average molecular weight is 325 g/mol. The van der Waals surface area contributed by atoms with Gasteiger partial charge < -0.3 is 20.3 Å². The number of morpholine rings is 1. The van der Waals surface area contributed by atoms with Crippen molar-refractivity contribution in [1.29, 1.82) is 0 Å². The van der Waals surface area contributed by atoms with Crippen LogP contribution in [0.15, 0.2) is 36.5 Å². The Balaban J connectivity index is 1.52. The van der Waals surface area contributed by atoms with Gasteiger partial charge in [-0.3, -0.25) is 0 Å². The highest BCUT2D eigenvalue weighted by molar-refractivity contribution is 5.63. The summed E-state index contributed by atoms with van der Waals surface area (Å²) in [6, 6.07) is 10.7. The van der Waals surface area contributed by atoms with E-state index in [1.54, 1.807) is 0 Å². The maximum atomic E-state index is 5.51. The lowest BCUT2D eigenvalue weighted by Gasteiger charge is -2.29. The second-order valence-corrected chi connectivity index (χ2v) is 6.17. The first kappa shape index (κ1) is 15.5. The molecule has 0 saturated carbocycles. The lowest BCUT2D eigenvalue weighted by atomic mass is 10.1. The number of ether oxygens (including phenoxy) is 1. The van der Waals surface area contributed by atoms with Crippen LogP contribution in [0.25, 0.3) is 11.3 Å². The molecule has 3 heterocycles. The van der Waals surface area contributed by atoms with Crippen LogP contribution in [0.5, 0.6) is 0 Å². The normalized spacial score (nSPS) is 21.7. The minimum atomic E-state index is 0.0822. The average Bonchev–Trinajstić information content (AvgIpc) is 2.70. The van der Waals surface area contributed by atoms with Crippen LogP contribution in [0.3, 0.4) is 0 Å². The quantitative estimate of drug-likeness (QED) is 0.885. The summed E-state index contributed by atoms with van der Waals surface area (Å²) in [5.41, 5.74) is 3.35. The fourth-order valence-corrected chi connectivity index (χ4v) is 3.20. The summed E-state index contributed by atoms with van der Waals surface area (Å²) in [5.74, 6) is 0.804. The first-order valence-electron chi connectivity index (χ1n) is 8.60. The van der Waals surface area contributed by atoms with Gasteiger partial charge in [-0.05, 0) is 18.2 Å². The van der Waals surface area contributed by atoms with E-state index in [9.17, 15) is 0 Å². The van der Waals surface area contributed by atoms with E-state index in [2.05, 4.69) is 44.8 Å². The van der Waals surface area contributed by atoms with Gasteiger partial charge in [0.05, 0.1) is 24.9 Å². The largest absolute Gasteiger partial charge is 0.378 e. The molecule has 1 aromatic carbocycles. The standard InChI is InChI=1S/C18H23N5O/c1-3-15(23-10-7-19-8-11-23)4-2-14(1)16-5-6-21-18(22-16)17-13-24-12-9-20-17/h1-6,17,19-20H,7-13H2. The van der Waals surface area contributed by atoms with E-state index in [4.69, 9.17) is 9.72 Å². The molecule has 4 rings (SSSR count). The van der Waals surface area contributed by atoms with Crippen LogP contribution >= 0.6 is 0 Å². The third kappa shape index (κ3) is 3.40. The summed E-state index contributed by atoms with van der Waals surface area (Å²) in [6.45, 7) is 6.45. The van der Waals surface area contributed by atoms with Crippen molar-refractivity contribution in [2.24, 2.45) is 0 Å². The Bertz CT molecular complexity index is 663. The molecule has 2 N–H and O–H groups in total. The maximum absolute atomic E-state index is 5.51. The number of piperazine rings is 1. The minimum Gasteiger partial charge on any atom is -0.378 e. The van der Waals surface area contributed by atoms with Crippen LogP contribution in [0.2, 0.25) is 0 Å². The molecular formula is C18H23N5O. The van der Waals surface area contributed by atoms with E-state index >= 15 is 0 Å². The molecule has 0 amide bonds. The minimum absolute atomic E-state index is 0.0822. The molecule has 2 aliphatic rings. The summed E-state index contributed by atoms with van der Waals surface area (Å²) < 4.78 is 5.51. The third-order valence-electron chi connectivity index (χ3n) is 4.55. The Morgan fingerprint density at radius 2 is 1.88 bits per heavy atom. The predicted octanol–water partition coefficient (Wildman–Crippen LogP) is 1.21. The van der Waals surface area contributed by atoms with Gasteiger partial charge in [-0.25, -0.2) is 9.97 Å². The zero-order chi connectivity index (χ0) is 16.2. The number of anilines is 1. The van der Waals surface area contributed by atoms with Crippen molar-refractivity contribution in [3.8, 4) is 11.3 Å². The number of hydrogen-bond donors (Lipinski definition) is 2. The molecule has 2 fully saturated rings. The van der Waals surface area contributed by atoms with Crippen LogP contribution in [-0.2, 0) is 4.74 Å². The van der Waals surface area contributed by atoms with Crippen LogP contribution in [-0.4, -0.2) is 55.9 Å². The molecule has 2 aliphatic heterocycles. The molecule has 2 aromatic rings. The summed E-state index contributed by atoms with van der Waals surface area (Å²) in [5, 5.41) is 6.79. The molecule has 0 spiro atoms. The molecule has 0 aliphatic carbocycles. The number of nitrogens with zero attached hydrogens (tertiary/aromatic N) is 3. The van der Waals surface area contributed by atoms with Gasteiger partial charge in [0.2, 0.25) is 0 Å². The van der Waals surface area contributed by atoms with Crippen LogP contribution < -0.4 is 15.5 Å². The SMILES string of the molecule is c1cc(-c2ccc(N3CCNCC3)cc2)nc(C2COCCN2)n1. The molecular weight excluding hydrogens is 302 g/mol. The Labute approximate surface area is 142 Å². The van der Waals surface area contributed by atoms with Gasteiger partial charge in [0.1, 0.15) is 5.82 Å². The van der Waals surface area contributed by atoms with Crippen molar-refractivity contribution in [1.82, 2.24) is 20.6 Å². The fourth-order valence-electron chi connectivity index (χ4n) is 3.20. The summed E-state index contributed by atoms with van der Waals surface area (Å²) in [4.78, 5) is 11.6. The molecule has 2 saturated heterocycles. The van der Waals surface area contributed by atoms with Crippen molar-refractivity contribution in [3.63, 3.8) is 0 Å². The van der Waals surface area contributed by atoms with Crippen molar-refractivity contribution in [3.05, 3.63) is 42.4 Å². The molecule has 6 heteroatoms. The lowest BCUT2D eigenvalue weighted by molar-refractivity contribution is 0.0742. The molecule has 6 nitrogen and oxygen atoms in total. The van der Waals surface area contributed by atoms with Crippen LogP contribution in [0.1, 0.15) is 11.9 Å². The number of aromatic nitrogens is 2. The molecule has 24 heavy (non-hydrogen) atoms. The van der Waals surface area contributed by atoms with Gasteiger partial charge in [0, 0.05) is 50.2 Å². The number of rotatable bonds is 3. The lowest BCUT2D eigenvalue weighted by Crippen LogP contribution is -2.43. The Kier molecular flexibility index (Phi) is 4.69. The second-order valence-electron chi connectivity index (χ2n) is 6.17. The number of hydrogen-bond acceptors (Lipinski definition) is 6. The number of nitrogens with one attached hydrogen (secondary N) is 2. The van der Waals surface area contributed by atoms with E-state index in [-0.39, 0.29) is 6.04 Å². The van der Waals surface area contributed by atoms with Gasteiger partial charge in [-0.15, -0.1) is 0 Å². The van der Waals surface area contributed by atoms with E-state index in [0.717, 1.165) is 56.4 Å². The number of benzene rings is 1. The topological polar surface area (TPSA) is 62.3 Å². The highest BCUT2D eigenvalue weighted by atomic mass is 16.5. The van der Waals surface area contributed by atoms with E-state index in [1.807, 2.05) is 12.3 Å². The van der Waals surface area contributed by atoms with Gasteiger partial charge in [-0.2, -0.15) is 0 Å². The molecule has 0 radical (unpaired) electrons. The maximum Gasteiger partial charge on any atom is 0.148 e. The smallest absolute Gasteiger partial charge is 0.148 e. The van der Waals surface area contributed by atoms with E-state index < -0.39 is 0 Å². The Morgan fingerprint density at radius 3 is 2.62 bits per heavy atom. The fraction of sp³-hybridized carbons (Fsp3) is 0.444. The first-order valence-corrected chi connectivity index (χ1v) is 8.60. The van der Waals surface area contributed by atoms with Crippen molar-refractivity contribution < 1.29 is 4.74 Å². The molecule has 0 bridgehead atoms. The predicted molar refractivity (Wildman–Crippen MR) is 94.1 cm³/mol. The van der Waals surface area contributed by atoms with Crippen LogP contribution in [0.4, 0.5) is 5.69 Å². The summed E-state index contributed by atoms with van der Waals surface area (Å²) in [7, 11) is 0. The van der Waals surface area contributed by atoms with Gasteiger partial charge in [-0.1, -0.05) is 12.1 Å². The van der Waals surface area contributed by atoms with Crippen molar-refractivity contribution in [2.45, 2.75) is 6.04 Å². The first-order chi connectivity index (χ1) is 11.9. The zero-order valence-corrected chi connectivity index (χ0v) is 13.7. The highest BCUT2D eigenvalue weighted by Gasteiger charge is 2.18. The monoisotopic (exact) mass is 325 g/mol. The molecule has 1 aromatic heterocycles. The van der Waals surface area contributed by atoms with Crippen molar-refractivity contribution >= 4 is 5.69 Å². The third-order valence-corrected chi connectivity index (χ3v) is 4.55. The van der Waals surface area contributed by atoms with Crippen molar-refractivity contribution in [2.75, 3.05) is 50.8 Å². The van der Waals surface area contributed by atoms with Crippen LogP contribution in [0, 0.1) is 0 Å². The Morgan fingerprint density at radius 1 is 1.04 bits per heavy atom. The second kappa shape index (κ2) is 7.25. The van der Waals surface area contributed by atoms with Gasteiger partial charge in [0.15, 0.2) is 0 Å². The highest BCUT2D eigenvalue weighted by Crippen LogP contribution is 2.23.